The predicted molar refractivity (Wildman–Crippen MR) is 59.0 cm³/mol. The zero-order chi connectivity index (χ0) is 11.5. The van der Waals surface area contributed by atoms with E-state index < -0.39 is 9.84 Å². The summed E-state index contributed by atoms with van der Waals surface area (Å²) in [5.41, 5.74) is 2.65. The van der Waals surface area contributed by atoms with Crippen LogP contribution in [0.4, 0.5) is 0 Å². The van der Waals surface area contributed by atoms with Gasteiger partial charge < -0.3 is 4.74 Å². The molecule has 0 radical (unpaired) electrons. The van der Waals surface area contributed by atoms with E-state index in [9.17, 15) is 8.42 Å². The first-order valence-electron chi connectivity index (χ1n) is 5.23. The Morgan fingerprint density at radius 1 is 1.53 bits per heavy atom. The molecule has 1 fully saturated rings. The second-order valence-corrected chi connectivity index (χ2v) is 6.55. The van der Waals surface area contributed by atoms with E-state index in [0.717, 1.165) is 0 Å². The minimum absolute atomic E-state index is 0.0651. The van der Waals surface area contributed by atoms with Crippen molar-refractivity contribution in [3.8, 4) is 0 Å². The molecule has 2 atom stereocenters. The summed E-state index contributed by atoms with van der Waals surface area (Å²) in [5.74, 6) is 5.99. The Morgan fingerprint density at radius 2 is 2.20 bits per heavy atom. The Balaban J connectivity index is 2.46. The third-order valence-corrected chi connectivity index (χ3v) is 4.45. The molecule has 15 heavy (non-hydrogen) atoms. The summed E-state index contributed by atoms with van der Waals surface area (Å²) in [6, 6.07) is -0.0651. The fourth-order valence-electron chi connectivity index (χ4n) is 1.76. The average Bonchev–Trinajstić information content (AvgIpc) is 2.47. The van der Waals surface area contributed by atoms with Gasteiger partial charge in [0.25, 0.3) is 0 Å². The highest BCUT2D eigenvalue weighted by molar-refractivity contribution is 7.91. The summed E-state index contributed by atoms with van der Waals surface area (Å²) in [5, 5.41) is 0. The first kappa shape index (κ1) is 12.9. The normalized spacial score (nSPS) is 27.1. The van der Waals surface area contributed by atoms with Gasteiger partial charge in [-0.05, 0) is 26.2 Å². The topological polar surface area (TPSA) is 81.4 Å². The van der Waals surface area contributed by atoms with Gasteiger partial charge in [0.2, 0.25) is 0 Å². The Bertz CT molecular complexity index is 290. The van der Waals surface area contributed by atoms with E-state index in [-0.39, 0.29) is 29.6 Å². The van der Waals surface area contributed by atoms with Crippen molar-refractivity contribution in [1.29, 1.82) is 0 Å². The van der Waals surface area contributed by atoms with E-state index in [1.54, 1.807) is 0 Å². The molecule has 0 aromatic rings. The fourth-order valence-corrected chi connectivity index (χ4v) is 3.64. The highest BCUT2D eigenvalue weighted by Crippen LogP contribution is 2.21. The second-order valence-electron chi connectivity index (χ2n) is 4.32. The minimum atomic E-state index is -2.84. The van der Waals surface area contributed by atoms with Gasteiger partial charge in [0, 0.05) is 6.04 Å². The van der Waals surface area contributed by atoms with Gasteiger partial charge in [-0.2, -0.15) is 0 Å². The monoisotopic (exact) mass is 236 g/mol. The smallest absolute Gasteiger partial charge is 0.150 e. The molecule has 6 heteroatoms. The molecule has 5 nitrogen and oxygen atoms in total. The van der Waals surface area contributed by atoms with Crippen molar-refractivity contribution in [2.45, 2.75) is 32.4 Å². The minimum Gasteiger partial charge on any atom is -0.377 e. The molecule has 90 valence electrons. The quantitative estimate of drug-likeness (QED) is 0.505. The molecule has 0 spiro atoms. The fraction of sp³-hybridized carbons (Fsp3) is 1.00. The van der Waals surface area contributed by atoms with Crippen molar-refractivity contribution in [2.24, 2.45) is 11.8 Å². The molecular weight excluding hydrogens is 216 g/mol. The van der Waals surface area contributed by atoms with Crippen LogP contribution in [-0.4, -0.2) is 38.7 Å². The Kier molecular flexibility index (Phi) is 4.51. The van der Waals surface area contributed by atoms with Crippen LogP contribution >= 0.6 is 0 Å². The number of hydrazine groups is 1. The second kappa shape index (κ2) is 5.25. The molecule has 0 aliphatic carbocycles. The van der Waals surface area contributed by atoms with E-state index in [4.69, 9.17) is 10.6 Å². The van der Waals surface area contributed by atoms with E-state index in [1.165, 1.54) is 0 Å². The van der Waals surface area contributed by atoms with Crippen molar-refractivity contribution >= 4 is 9.84 Å². The maximum atomic E-state index is 11.3. The summed E-state index contributed by atoms with van der Waals surface area (Å²) in [7, 11) is -2.84. The number of sulfone groups is 1. The zero-order valence-corrected chi connectivity index (χ0v) is 10.1. The highest BCUT2D eigenvalue weighted by Gasteiger charge is 2.33. The van der Waals surface area contributed by atoms with Crippen molar-refractivity contribution in [3.05, 3.63) is 0 Å². The van der Waals surface area contributed by atoms with Gasteiger partial charge in [-0.15, -0.1) is 0 Å². The third-order valence-electron chi connectivity index (χ3n) is 2.66. The summed E-state index contributed by atoms with van der Waals surface area (Å²) in [6.07, 6.45) is 0.817. The first-order valence-corrected chi connectivity index (χ1v) is 7.05. The molecule has 1 heterocycles. The van der Waals surface area contributed by atoms with Crippen molar-refractivity contribution in [2.75, 3.05) is 18.1 Å². The van der Waals surface area contributed by atoms with Crippen LogP contribution in [0.15, 0.2) is 0 Å². The lowest BCUT2D eigenvalue weighted by atomic mass is 10.0. The van der Waals surface area contributed by atoms with Crippen LogP contribution in [0.1, 0.15) is 20.3 Å². The van der Waals surface area contributed by atoms with Gasteiger partial charge in [-0.1, -0.05) is 0 Å². The summed E-state index contributed by atoms with van der Waals surface area (Å²) < 4.78 is 28.0. The zero-order valence-electron chi connectivity index (χ0n) is 9.27. The molecule has 0 bridgehead atoms. The van der Waals surface area contributed by atoms with Crippen LogP contribution in [0.5, 0.6) is 0 Å². The number of nitrogens with one attached hydrogen (secondary N) is 1. The number of hydrogen-bond acceptors (Lipinski definition) is 5. The number of rotatable bonds is 5. The molecule has 0 aromatic carbocycles. The van der Waals surface area contributed by atoms with E-state index in [2.05, 4.69) is 5.43 Å². The third kappa shape index (κ3) is 4.06. The molecule has 0 amide bonds. The van der Waals surface area contributed by atoms with Gasteiger partial charge in [-0.3, -0.25) is 11.3 Å². The number of ether oxygens (including phenoxy) is 1. The van der Waals surface area contributed by atoms with E-state index >= 15 is 0 Å². The SMILES string of the molecule is CC(C)OCC(NN)C1CCS(=O)(=O)C1. The molecule has 0 aromatic heterocycles. The lowest BCUT2D eigenvalue weighted by molar-refractivity contribution is 0.0507. The van der Waals surface area contributed by atoms with Gasteiger partial charge in [0.05, 0.1) is 24.2 Å². The molecule has 3 N–H and O–H groups in total. The van der Waals surface area contributed by atoms with Gasteiger partial charge in [-0.25, -0.2) is 8.42 Å². The van der Waals surface area contributed by atoms with Crippen LogP contribution in [0.3, 0.4) is 0 Å². The van der Waals surface area contributed by atoms with Crippen LogP contribution in [0.2, 0.25) is 0 Å². The van der Waals surface area contributed by atoms with Crippen LogP contribution in [0.25, 0.3) is 0 Å². The number of nitrogens with two attached hydrogens (primary N) is 1. The van der Waals surface area contributed by atoms with Crippen LogP contribution in [-0.2, 0) is 14.6 Å². The first-order chi connectivity index (χ1) is 6.94. The lowest BCUT2D eigenvalue weighted by Gasteiger charge is -2.22. The van der Waals surface area contributed by atoms with Crippen LogP contribution in [0, 0.1) is 5.92 Å². The Labute approximate surface area is 91.3 Å². The largest absolute Gasteiger partial charge is 0.377 e. The maximum Gasteiger partial charge on any atom is 0.150 e. The predicted octanol–water partition coefficient (Wildman–Crippen LogP) is -0.322. The highest BCUT2D eigenvalue weighted by atomic mass is 32.2. The average molecular weight is 236 g/mol. The molecule has 1 aliphatic rings. The molecule has 1 aliphatic heterocycles. The molecular formula is C9H20N2O3S. The van der Waals surface area contributed by atoms with E-state index in [1.807, 2.05) is 13.8 Å². The molecule has 0 saturated carbocycles. The molecule has 1 saturated heterocycles. The van der Waals surface area contributed by atoms with Gasteiger partial charge in [0.1, 0.15) is 0 Å². The van der Waals surface area contributed by atoms with Gasteiger partial charge >= 0.3 is 0 Å². The molecule has 2 unspecified atom stereocenters. The van der Waals surface area contributed by atoms with Crippen molar-refractivity contribution in [1.82, 2.24) is 5.43 Å². The maximum absolute atomic E-state index is 11.3. The van der Waals surface area contributed by atoms with Gasteiger partial charge in [0.15, 0.2) is 9.84 Å². The number of hydrogen-bond donors (Lipinski definition) is 2. The molecule has 1 rings (SSSR count). The summed E-state index contributed by atoms with van der Waals surface area (Å²) in [6.45, 7) is 4.35. The van der Waals surface area contributed by atoms with E-state index in [0.29, 0.717) is 13.0 Å². The van der Waals surface area contributed by atoms with Crippen LogP contribution < -0.4 is 11.3 Å². The van der Waals surface area contributed by atoms with Crippen molar-refractivity contribution < 1.29 is 13.2 Å². The lowest BCUT2D eigenvalue weighted by Crippen LogP contribution is -2.45. The summed E-state index contributed by atoms with van der Waals surface area (Å²) >= 11 is 0. The standard InChI is InChI=1S/C9H20N2O3S/c1-7(2)14-5-9(11-10)8-3-4-15(12,13)6-8/h7-9,11H,3-6,10H2,1-2H3. The Hall–Kier alpha value is -0.170. The summed E-state index contributed by atoms with van der Waals surface area (Å²) in [4.78, 5) is 0. The van der Waals surface area contributed by atoms with Crippen molar-refractivity contribution in [3.63, 3.8) is 0 Å². The Morgan fingerprint density at radius 3 is 2.60 bits per heavy atom.